The second kappa shape index (κ2) is 8.11. The zero-order valence-corrected chi connectivity index (χ0v) is 13.9. The van der Waals surface area contributed by atoms with Gasteiger partial charge in [-0.25, -0.2) is 4.39 Å². The molecule has 1 heterocycles. The summed E-state index contributed by atoms with van der Waals surface area (Å²) in [6.45, 7) is 0.247. The first-order valence-electron chi connectivity index (χ1n) is 8.06. The molecular formula is C20H17FN2O3. The zero-order chi connectivity index (χ0) is 18.4. The van der Waals surface area contributed by atoms with Crippen molar-refractivity contribution < 1.29 is 18.4 Å². The Morgan fingerprint density at radius 1 is 1.00 bits per heavy atom. The minimum absolute atomic E-state index is 0.0140. The first kappa shape index (κ1) is 17.4. The van der Waals surface area contributed by atoms with Crippen LogP contribution in [0.15, 0.2) is 71.3 Å². The summed E-state index contributed by atoms with van der Waals surface area (Å²) in [4.78, 5) is 24.6. The molecule has 3 aromatic rings. The number of carbonyl (C=O) groups excluding carboxylic acids is 2. The molecule has 0 spiro atoms. The summed E-state index contributed by atoms with van der Waals surface area (Å²) in [5, 5.41) is 5.45. The maximum atomic E-state index is 13.2. The van der Waals surface area contributed by atoms with Crippen LogP contribution in [0.25, 0.3) is 0 Å². The molecule has 0 radical (unpaired) electrons. The maximum Gasteiger partial charge on any atom is 0.253 e. The quantitative estimate of drug-likeness (QED) is 0.713. The van der Waals surface area contributed by atoms with Gasteiger partial charge in [0.2, 0.25) is 5.91 Å². The van der Waals surface area contributed by atoms with Crippen molar-refractivity contribution in [3.05, 3.63) is 89.6 Å². The summed E-state index contributed by atoms with van der Waals surface area (Å²) in [6.07, 6.45) is 1.54. The number of rotatable bonds is 6. The highest BCUT2D eigenvalue weighted by molar-refractivity contribution is 6.04. The van der Waals surface area contributed by atoms with E-state index in [2.05, 4.69) is 10.6 Å². The van der Waals surface area contributed by atoms with Gasteiger partial charge in [0, 0.05) is 0 Å². The van der Waals surface area contributed by atoms with Crippen LogP contribution < -0.4 is 10.6 Å². The molecule has 2 N–H and O–H groups in total. The Bertz CT molecular complexity index is 907. The SMILES string of the molecule is O=C(Cc1cccc(F)c1)Nc1ccccc1C(=O)NCc1ccco1. The van der Waals surface area contributed by atoms with Crippen LogP contribution >= 0.6 is 0 Å². The molecule has 26 heavy (non-hydrogen) atoms. The van der Waals surface area contributed by atoms with Gasteiger partial charge in [0.1, 0.15) is 11.6 Å². The van der Waals surface area contributed by atoms with Gasteiger partial charge < -0.3 is 15.1 Å². The third-order valence-electron chi connectivity index (χ3n) is 3.70. The van der Waals surface area contributed by atoms with Crippen molar-refractivity contribution in [2.75, 3.05) is 5.32 Å². The molecule has 0 aliphatic carbocycles. The summed E-state index contributed by atoms with van der Waals surface area (Å²) in [5.41, 5.74) is 1.29. The standard InChI is InChI=1S/C20H17FN2O3/c21-15-6-3-5-14(11-15)12-19(24)23-18-9-2-1-8-17(18)20(25)22-13-16-7-4-10-26-16/h1-11H,12-13H2,(H,22,25)(H,23,24). The van der Waals surface area contributed by atoms with Crippen LogP contribution in [0.3, 0.4) is 0 Å². The molecule has 0 bridgehead atoms. The van der Waals surface area contributed by atoms with Crippen LogP contribution in [0, 0.1) is 5.82 Å². The Hall–Kier alpha value is -3.41. The summed E-state index contributed by atoms with van der Waals surface area (Å²) in [5.74, 6) is -0.427. The zero-order valence-electron chi connectivity index (χ0n) is 13.9. The lowest BCUT2D eigenvalue weighted by Gasteiger charge is -2.11. The molecule has 2 amide bonds. The van der Waals surface area contributed by atoms with E-state index in [0.717, 1.165) is 0 Å². The van der Waals surface area contributed by atoms with Gasteiger partial charge >= 0.3 is 0 Å². The van der Waals surface area contributed by atoms with Crippen molar-refractivity contribution in [3.8, 4) is 0 Å². The first-order chi connectivity index (χ1) is 12.6. The van der Waals surface area contributed by atoms with E-state index in [1.165, 1.54) is 18.4 Å². The fraction of sp³-hybridized carbons (Fsp3) is 0.100. The lowest BCUT2D eigenvalue weighted by molar-refractivity contribution is -0.115. The van der Waals surface area contributed by atoms with Crippen molar-refractivity contribution in [2.45, 2.75) is 13.0 Å². The number of hydrogen-bond donors (Lipinski definition) is 2. The third kappa shape index (κ3) is 4.57. The number of nitrogens with one attached hydrogen (secondary N) is 2. The lowest BCUT2D eigenvalue weighted by Crippen LogP contribution is -2.25. The molecule has 132 valence electrons. The van der Waals surface area contributed by atoms with Gasteiger partial charge in [0.15, 0.2) is 0 Å². The number of amides is 2. The molecule has 0 fully saturated rings. The van der Waals surface area contributed by atoms with E-state index >= 15 is 0 Å². The molecule has 0 saturated carbocycles. The van der Waals surface area contributed by atoms with Crippen molar-refractivity contribution >= 4 is 17.5 Å². The van der Waals surface area contributed by atoms with Crippen molar-refractivity contribution in [2.24, 2.45) is 0 Å². The molecular weight excluding hydrogens is 335 g/mol. The smallest absolute Gasteiger partial charge is 0.253 e. The Kier molecular flexibility index (Phi) is 5.43. The second-order valence-corrected chi connectivity index (χ2v) is 5.66. The average Bonchev–Trinajstić information content (AvgIpc) is 3.13. The van der Waals surface area contributed by atoms with Gasteiger partial charge in [-0.2, -0.15) is 0 Å². The molecule has 0 atom stereocenters. The highest BCUT2D eigenvalue weighted by Crippen LogP contribution is 2.16. The predicted molar refractivity (Wildman–Crippen MR) is 95.1 cm³/mol. The Morgan fingerprint density at radius 3 is 2.62 bits per heavy atom. The van der Waals surface area contributed by atoms with E-state index in [1.54, 1.807) is 48.5 Å². The topological polar surface area (TPSA) is 71.3 Å². The second-order valence-electron chi connectivity index (χ2n) is 5.66. The number of para-hydroxylation sites is 1. The lowest BCUT2D eigenvalue weighted by atomic mass is 10.1. The number of anilines is 1. The average molecular weight is 352 g/mol. The van der Waals surface area contributed by atoms with Crippen LogP contribution in [-0.2, 0) is 17.8 Å². The summed E-state index contributed by atoms with van der Waals surface area (Å²) in [7, 11) is 0. The molecule has 5 nitrogen and oxygen atoms in total. The predicted octanol–water partition coefficient (Wildman–Crippen LogP) is 3.53. The highest BCUT2D eigenvalue weighted by atomic mass is 19.1. The van der Waals surface area contributed by atoms with Gasteiger partial charge in [0.25, 0.3) is 5.91 Å². The van der Waals surface area contributed by atoms with Gasteiger partial charge in [-0.1, -0.05) is 24.3 Å². The van der Waals surface area contributed by atoms with E-state index in [1.807, 2.05) is 0 Å². The third-order valence-corrected chi connectivity index (χ3v) is 3.70. The van der Waals surface area contributed by atoms with Crippen LogP contribution in [0.5, 0.6) is 0 Å². The van der Waals surface area contributed by atoms with Crippen molar-refractivity contribution in [1.29, 1.82) is 0 Å². The van der Waals surface area contributed by atoms with Crippen LogP contribution in [0.1, 0.15) is 21.7 Å². The highest BCUT2D eigenvalue weighted by Gasteiger charge is 2.13. The number of halogens is 1. The van der Waals surface area contributed by atoms with E-state index in [9.17, 15) is 14.0 Å². The summed E-state index contributed by atoms with van der Waals surface area (Å²) >= 11 is 0. The molecule has 0 unspecified atom stereocenters. The number of carbonyl (C=O) groups is 2. The van der Waals surface area contributed by atoms with Gasteiger partial charge in [-0.15, -0.1) is 0 Å². The van der Waals surface area contributed by atoms with Crippen LogP contribution in [0.2, 0.25) is 0 Å². The minimum atomic E-state index is -0.395. The normalized spacial score (nSPS) is 10.3. The summed E-state index contributed by atoms with van der Waals surface area (Å²) < 4.78 is 18.4. The molecule has 2 aromatic carbocycles. The molecule has 1 aromatic heterocycles. The van der Waals surface area contributed by atoms with Crippen LogP contribution in [-0.4, -0.2) is 11.8 Å². The Labute approximate surface area is 149 Å². The van der Waals surface area contributed by atoms with Crippen molar-refractivity contribution in [3.63, 3.8) is 0 Å². The van der Waals surface area contributed by atoms with E-state index in [4.69, 9.17) is 4.42 Å². The van der Waals surface area contributed by atoms with Gasteiger partial charge in [-0.3, -0.25) is 9.59 Å². The molecule has 6 heteroatoms. The van der Waals surface area contributed by atoms with E-state index in [-0.39, 0.29) is 24.8 Å². The first-order valence-corrected chi connectivity index (χ1v) is 8.06. The van der Waals surface area contributed by atoms with E-state index in [0.29, 0.717) is 22.6 Å². The fourth-order valence-corrected chi connectivity index (χ4v) is 2.49. The van der Waals surface area contributed by atoms with Crippen LogP contribution in [0.4, 0.5) is 10.1 Å². The van der Waals surface area contributed by atoms with E-state index < -0.39 is 5.82 Å². The molecule has 3 rings (SSSR count). The maximum absolute atomic E-state index is 13.2. The number of hydrogen-bond acceptors (Lipinski definition) is 3. The van der Waals surface area contributed by atoms with Crippen molar-refractivity contribution in [1.82, 2.24) is 5.32 Å². The fourth-order valence-electron chi connectivity index (χ4n) is 2.49. The molecule has 0 aliphatic rings. The Balaban J connectivity index is 1.66. The molecule has 0 aliphatic heterocycles. The molecule has 0 saturated heterocycles. The number of furan rings is 1. The summed E-state index contributed by atoms with van der Waals surface area (Å²) in [6, 6.07) is 16.0. The minimum Gasteiger partial charge on any atom is -0.467 e. The monoisotopic (exact) mass is 352 g/mol. The van der Waals surface area contributed by atoms with Gasteiger partial charge in [-0.05, 0) is 42.0 Å². The van der Waals surface area contributed by atoms with Gasteiger partial charge in [0.05, 0.1) is 30.5 Å². The number of benzene rings is 2. The largest absolute Gasteiger partial charge is 0.467 e. The Morgan fingerprint density at radius 2 is 1.85 bits per heavy atom.